The average molecular weight is 345 g/mol. The Kier molecular flexibility index (Phi) is 5.37. The zero-order valence-electron chi connectivity index (χ0n) is 15.3. The van der Waals surface area contributed by atoms with Crippen LogP contribution in [0.5, 0.6) is 5.75 Å². The summed E-state index contributed by atoms with van der Waals surface area (Å²) < 4.78 is 5.28. The predicted molar refractivity (Wildman–Crippen MR) is 105 cm³/mol. The molecular weight excluding hydrogens is 322 g/mol. The first kappa shape index (κ1) is 17.7. The number of rotatable bonds is 5. The van der Waals surface area contributed by atoms with E-state index in [9.17, 15) is 4.79 Å². The Morgan fingerprint density at radius 2 is 1.58 bits per heavy atom. The number of nitrogens with one attached hydrogen (secondary N) is 1. The standard InChI is InChI=1S/C23H23NO2/c1-16-9-7-8-12-20(16)22(18-10-5-4-6-11-18)24-23(25)19-13-14-21(26-3)17(2)15-19/h4-15,22H,1-3H3,(H,24,25). The fraction of sp³-hybridized carbons (Fsp3) is 0.174. The Morgan fingerprint density at radius 1 is 0.885 bits per heavy atom. The van der Waals surface area contributed by atoms with Crippen LogP contribution in [0.2, 0.25) is 0 Å². The minimum atomic E-state index is -0.202. The van der Waals surface area contributed by atoms with Gasteiger partial charge in [-0.25, -0.2) is 0 Å². The molecule has 0 fully saturated rings. The Balaban J connectivity index is 1.95. The number of carbonyl (C=O) groups excluding carboxylic acids is 1. The van der Waals surface area contributed by atoms with E-state index in [2.05, 4.69) is 24.4 Å². The molecular formula is C23H23NO2. The lowest BCUT2D eigenvalue weighted by atomic mass is 9.94. The lowest BCUT2D eigenvalue weighted by molar-refractivity contribution is 0.0943. The van der Waals surface area contributed by atoms with Crippen molar-refractivity contribution in [1.29, 1.82) is 0 Å². The molecule has 1 unspecified atom stereocenters. The maximum absolute atomic E-state index is 12.9. The Labute approximate surface area is 154 Å². The quantitative estimate of drug-likeness (QED) is 0.719. The van der Waals surface area contributed by atoms with E-state index in [1.54, 1.807) is 13.2 Å². The third kappa shape index (κ3) is 3.77. The molecule has 1 N–H and O–H groups in total. The van der Waals surface area contributed by atoms with E-state index in [0.29, 0.717) is 5.56 Å². The largest absolute Gasteiger partial charge is 0.496 e. The van der Waals surface area contributed by atoms with Gasteiger partial charge in [0.2, 0.25) is 0 Å². The predicted octanol–water partition coefficient (Wildman–Crippen LogP) is 4.83. The molecule has 132 valence electrons. The van der Waals surface area contributed by atoms with Crippen molar-refractivity contribution in [2.24, 2.45) is 0 Å². The van der Waals surface area contributed by atoms with E-state index < -0.39 is 0 Å². The summed E-state index contributed by atoms with van der Waals surface area (Å²) in [7, 11) is 1.63. The number of amides is 1. The maximum atomic E-state index is 12.9. The van der Waals surface area contributed by atoms with Crippen LogP contribution in [-0.2, 0) is 0 Å². The highest BCUT2D eigenvalue weighted by Gasteiger charge is 2.19. The lowest BCUT2D eigenvalue weighted by Gasteiger charge is -2.22. The molecule has 0 saturated heterocycles. The van der Waals surface area contributed by atoms with E-state index >= 15 is 0 Å². The second-order valence-corrected chi connectivity index (χ2v) is 6.36. The Morgan fingerprint density at radius 3 is 2.23 bits per heavy atom. The van der Waals surface area contributed by atoms with Crippen molar-refractivity contribution >= 4 is 5.91 Å². The fourth-order valence-electron chi connectivity index (χ4n) is 3.13. The molecule has 26 heavy (non-hydrogen) atoms. The van der Waals surface area contributed by atoms with E-state index in [0.717, 1.165) is 28.0 Å². The fourth-order valence-corrected chi connectivity index (χ4v) is 3.13. The number of carbonyl (C=O) groups is 1. The van der Waals surface area contributed by atoms with Crippen LogP contribution < -0.4 is 10.1 Å². The van der Waals surface area contributed by atoms with Gasteiger partial charge in [0.05, 0.1) is 13.2 Å². The van der Waals surface area contributed by atoms with Gasteiger partial charge in [-0.05, 0) is 54.3 Å². The molecule has 0 aromatic heterocycles. The molecule has 0 aliphatic carbocycles. The summed E-state index contributed by atoms with van der Waals surface area (Å²) in [6.07, 6.45) is 0. The van der Waals surface area contributed by atoms with Crippen LogP contribution in [0.25, 0.3) is 0 Å². The maximum Gasteiger partial charge on any atom is 0.252 e. The molecule has 1 atom stereocenters. The number of hydrogen-bond acceptors (Lipinski definition) is 2. The molecule has 0 radical (unpaired) electrons. The zero-order valence-corrected chi connectivity index (χ0v) is 15.3. The summed E-state index contributed by atoms with van der Waals surface area (Å²) in [5.74, 6) is 0.674. The minimum absolute atomic E-state index is 0.104. The van der Waals surface area contributed by atoms with Gasteiger partial charge in [0.15, 0.2) is 0 Å². The highest BCUT2D eigenvalue weighted by atomic mass is 16.5. The molecule has 1 amide bonds. The molecule has 3 rings (SSSR count). The summed E-state index contributed by atoms with van der Waals surface area (Å²) in [5.41, 5.74) is 4.86. The monoisotopic (exact) mass is 345 g/mol. The normalized spacial score (nSPS) is 11.7. The lowest BCUT2D eigenvalue weighted by Crippen LogP contribution is -2.29. The SMILES string of the molecule is COc1ccc(C(=O)NC(c2ccccc2)c2ccccc2C)cc1C. The van der Waals surface area contributed by atoms with Crippen LogP contribution in [-0.4, -0.2) is 13.0 Å². The number of hydrogen-bond donors (Lipinski definition) is 1. The second kappa shape index (κ2) is 7.87. The molecule has 0 saturated carbocycles. The van der Waals surface area contributed by atoms with Gasteiger partial charge in [0.1, 0.15) is 5.75 Å². The van der Waals surface area contributed by atoms with Crippen molar-refractivity contribution in [2.75, 3.05) is 7.11 Å². The third-order valence-corrected chi connectivity index (χ3v) is 4.56. The second-order valence-electron chi connectivity index (χ2n) is 6.36. The van der Waals surface area contributed by atoms with Gasteiger partial charge < -0.3 is 10.1 Å². The minimum Gasteiger partial charge on any atom is -0.496 e. The summed E-state index contributed by atoms with van der Waals surface area (Å²) >= 11 is 0. The van der Waals surface area contributed by atoms with Crippen molar-refractivity contribution in [3.05, 3.63) is 101 Å². The summed E-state index contributed by atoms with van der Waals surface area (Å²) in [4.78, 5) is 12.9. The molecule has 0 aliphatic heterocycles. The van der Waals surface area contributed by atoms with Gasteiger partial charge in [-0.2, -0.15) is 0 Å². The van der Waals surface area contributed by atoms with Crippen LogP contribution in [0.3, 0.4) is 0 Å². The van der Waals surface area contributed by atoms with Crippen molar-refractivity contribution in [3.8, 4) is 5.75 Å². The average Bonchev–Trinajstić information content (AvgIpc) is 2.67. The number of methoxy groups -OCH3 is 1. The van der Waals surface area contributed by atoms with Crippen LogP contribution >= 0.6 is 0 Å². The summed E-state index contributed by atoms with van der Waals surface area (Å²) in [6, 6.07) is 23.4. The van der Waals surface area contributed by atoms with Gasteiger partial charge in [0, 0.05) is 5.56 Å². The van der Waals surface area contributed by atoms with E-state index in [4.69, 9.17) is 4.74 Å². The Hall–Kier alpha value is -3.07. The molecule has 0 spiro atoms. The molecule has 0 bridgehead atoms. The summed E-state index contributed by atoms with van der Waals surface area (Å²) in [6.45, 7) is 4.00. The van der Waals surface area contributed by atoms with Crippen molar-refractivity contribution in [3.63, 3.8) is 0 Å². The van der Waals surface area contributed by atoms with Crippen molar-refractivity contribution in [1.82, 2.24) is 5.32 Å². The van der Waals surface area contributed by atoms with Crippen LogP contribution in [0.4, 0.5) is 0 Å². The molecule has 3 aromatic carbocycles. The van der Waals surface area contributed by atoms with E-state index in [1.807, 2.05) is 61.5 Å². The number of aryl methyl sites for hydroxylation is 2. The third-order valence-electron chi connectivity index (χ3n) is 4.56. The first-order valence-electron chi connectivity index (χ1n) is 8.66. The molecule has 3 nitrogen and oxygen atoms in total. The highest BCUT2D eigenvalue weighted by Crippen LogP contribution is 2.26. The van der Waals surface area contributed by atoms with Gasteiger partial charge in [-0.15, -0.1) is 0 Å². The van der Waals surface area contributed by atoms with Gasteiger partial charge >= 0.3 is 0 Å². The van der Waals surface area contributed by atoms with Crippen LogP contribution in [0.15, 0.2) is 72.8 Å². The van der Waals surface area contributed by atoms with Crippen LogP contribution in [0, 0.1) is 13.8 Å². The van der Waals surface area contributed by atoms with E-state index in [1.165, 1.54) is 0 Å². The molecule has 0 aliphatic rings. The van der Waals surface area contributed by atoms with E-state index in [-0.39, 0.29) is 11.9 Å². The van der Waals surface area contributed by atoms with Gasteiger partial charge in [-0.1, -0.05) is 54.6 Å². The summed E-state index contributed by atoms with van der Waals surface area (Å²) in [5, 5.41) is 3.19. The smallest absolute Gasteiger partial charge is 0.252 e. The van der Waals surface area contributed by atoms with Crippen molar-refractivity contribution in [2.45, 2.75) is 19.9 Å². The first-order valence-corrected chi connectivity index (χ1v) is 8.66. The highest BCUT2D eigenvalue weighted by molar-refractivity contribution is 5.95. The van der Waals surface area contributed by atoms with Crippen molar-refractivity contribution < 1.29 is 9.53 Å². The van der Waals surface area contributed by atoms with Gasteiger partial charge in [-0.3, -0.25) is 4.79 Å². The van der Waals surface area contributed by atoms with Gasteiger partial charge in [0.25, 0.3) is 5.91 Å². The first-order chi connectivity index (χ1) is 12.6. The Bertz CT molecular complexity index is 903. The number of ether oxygens (including phenoxy) is 1. The number of benzene rings is 3. The molecule has 0 heterocycles. The van der Waals surface area contributed by atoms with Crippen LogP contribution in [0.1, 0.15) is 38.7 Å². The zero-order chi connectivity index (χ0) is 18.5. The molecule has 3 heteroatoms. The topological polar surface area (TPSA) is 38.3 Å². The molecule has 3 aromatic rings.